The third-order valence-electron chi connectivity index (χ3n) is 13.3. The molecule has 0 N–H and O–H groups in total. The molecular weight excluding hydrogens is 1040 g/mol. The van der Waals surface area contributed by atoms with Gasteiger partial charge in [-0.05, 0) is 18.2 Å². The van der Waals surface area contributed by atoms with E-state index in [4.69, 9.17) is 9.72 Å². The fourth-order valence-corrected chi connectivity index (χ4v) is 10.9. The molecular formula is C62H54BN5OPt. The summed E-state index contributed by atoms with van der Waals surface area (Å²) in [6.45, 7) is 13.6. The molecule has 0 saturated carbocycles. The van der Waals surface area contributed by atoms with Crippen LogP contribution in [0.2, 0.25) is 0 Å². The summed E-state index contributed by atoms with van der Waals surface area (Å²) < 4.78 is 12.6. The number of imidazole rings is 1. The van der Waals surface area contributed by atoms with Crippen molar-refractivity contribution in [3.05, 3.63) is 233 Å². The van der Waals surface area contributed by atoms with Crippen LogP contribution in [0.4, 0.5) is 22.9 Å². The van der Waals surface area contributed by atoms with Gasteiger partial charge in [-0.25, -0.2) is 0 Å². The Morgan fingerprint density at radius 1 is 0.457 bits per heavy atom. The van der Waals surface area contributed by atoms with Gasteiger partial charge in [0.2, 0.25) is 0 Å². The summed E-state index contributed by atoms with van der Waals surface area (Å²) in [7, 11) is 0. The molecule has 0 unspecified atom stereocenters. The fraction of sp³-hybridized carbons (Fsp3) is 0.129. The molecule has 10 aromatic rings. The maximum atomic E-state index is 6.78. The molecule has 0 fully saturated rings. The number of hydrogen-bond acceptors (Lipinski definition) is 4. The van der Waals surface area contributed by atoms with Crippen molar-refractivity contribution in [1.29, 1.82) is 0 Å². The Morgan fingerprint density at radius 3 is 1.63 bits per heavy atom. The van der Waals surface area contributed by atoms with Crippen molar-refractivity contribution >= 4 is 46.4 Å². The molecule has 8 aromatic carbocycles. The zero-order valence-electron chi connectivity index (χ0n) is 40.3. The molecule has 8 heteroatoms. The average Bonchev–Trinajstić information content (AvgIpc) is 3.88. The Morgan fingerprint density at radius 2 is 0.986 bits per heavy atom. The summed E-state index contributed by atoms with van der Waals surface area (Å²) in [6, 6.07) is 77.8. The van der Waals surface area contributed by atoms with Crippen LogP contribution in [-0.2, 0) is 30.2 Å². The Balaban J connectivity index is 1.03. The van der Waals surface area contributed by atoms with E-state index in [0.717, 1.165) is 54.6 Å². The van der Waals surface area contributed by atoms with Crippen molar-refractivity contribution in [1.82, 2.24) is 14.1 Å². The summed E-state index contributed by atoms with van der Waals surface area (Å²) in [4.78, 5) is 9.96. The van der Waals surface area contributed by atoms with Gasteiger partial charge in [-0.2, -0.15) is 0 Å². The van der Waals surface area contributed by atoms with E-state index in [1.165, 1.54) is 33.4 Å². The topological polar surface area (TPSA) is 38.5 Å². The van der Waals surface area contributed by atoms with E-state index in [1.807, 2.05) is 18.2 Å². The molecule has 0 aliphatic carbocycles. The number of pyridine rings is 1. The van der Waals surface area contributed by atoms with Gasteiger partial charge in [-0.15, -0.1) is 0 Å². The number of aromatic nitrogens is 3. The molecule has 70 heavy (non-hydrogen) atoms. The number of nitrogens with zero attached hydrogens (tertiary/aromatic N) is 5. The number of hydrogen-bond donors (Lipinski definition) is 0. The molecule has 346 valence electrons. The van der Waals surface area contributed by atoms with Crippen LogP contribution < -0.4 is 19.8 Å². The second kappa shape index (κ2) is 18.1. The summed E-state index contributed by atoms with van der Waals surface area (Å²) >= 11 is 2.53. The minimum absolute atomic E-state index is 0.0363. The summed E-state index contributed by atoms with van der Waals surface area (Å²) in [5.41, 5.74) is 16.0. The Bertz CT molecular complexity index is 3580. The number of para-hydroxylation sites is 5. The third-order valence-corrected chi connectivity index (χ3v) is 14.3. The number of fused-ring (bicyclic) bond motifs is 2. The molecule has 11 rings (SSSR count). The molecule has 0 radical (unpaired) electrons. The van der Waals surface area contributed by atoms with Crippen molar-refractivity contribution in [2.75, 3.05) is 9.62 Å². The molecule has 1 aliphatic rings. The predicted octanol–water partition coefficient (Wildman–Crippen LogP) is 15.3. The van der Waals surface area contributed by atoms with E-state index < -0.39 is 0 Å². The van der Waals surface area contributed by atoms with Gasteiger partial charge in [0.05, 0.1) is 0 Å². The van der Waals surface area contributed by atoms with Gasteiger partial charge in [-0.3, -0.25) is 0 Å². The molecule has 1 aliphatic heterocycles. The Kier molecular flexibility index (Phi) is 11.7. The zero-order valence-corrected chi connectivity index (χ0v) is 42.6. The molecule has 0 spiro atoms. The second-order valence-corrected chi connectivity index (χ2v) is 21.1. The van der Waals surface area contributed by atoms with Gasteiger partial charge in [0.15, 0.2) is 0 Å². The van der Waals surface area contributed by atoms with E-state index in [9.17, 15) is 0 Å². The van der Waals surface area contributed by atoms with E-state index in [2.05, 4.69) is 280 Å². The standard InChI is InChI=1S/C62H54BN5O.Pt/c1-61(2,3)46-38-36-45(37-39-46)53-41-47(62(4,5)6)40-52(44-22-10-7-11-23-44)60(53)66-43-65(54-30-16-17-31-55(54)66)50-28-20-29-51(42-50)69-59-35-21-34-58(64-59)68-57-33-19-18-32-56(57)67(49-26-14-9-15-27-49)63(68)48-24-12-8-13-25-48;/h7-42H,1-6H3;. The van der Waals surface area contributed by atoms with Crippen molar-refractivity contribution < 1.29 is 24.1 Å². The van der Waals surface area contributed by atoms with Crippen molar-refractivity contribution in [3.63, 3.8) is 0 Å². The molecule has 2 aromatic heterocycles. The predicted molar refractivity (Wildman–Crippen MR) is 287 cm³/mol. The van der Waals surface area contributed by atoms with Gasteiger partial charge >= 0.3 is 341 Å². The van der Waals surface area contributed by atoms with E-state index in [1.54, 1.807) is 0 Å². The van der Waals surface area contributed by atoms with Crippen LogP contribution in [0.3, 0.4) is 0 Å². The number of anilines is 4. The van der Waals surface area contributed by atoms with Crippen LogP contribution in [0.25, 0.3) is 44.7 Å². The molecule has 0 bridgehead atoms. The van der Waals surface area contributed by atoms with Crippen molar-refractivity contribution in [2.45, 2.75) is 52.4 Å². The Labute approximate surface area is 422 Å². The monoisotopic (exact) mass is 1090 g/mol. The summed E-state index contributed by atoms with van der Waals surface area (Å²) in [5, 5.41) is 0. The fourth-order valence-electron chi connectivity index (χ4n) is 9.78. The number of benzene rings is 8. The SMILES string of the molecule is CC(C)(C)c1ccc(-c2cc(C(C)(C)C)cc(-c3ccccc3)c2-n2[c](=[Pt])n(-c3cccc(Oc4cccc(N5B(c6ccccc6)N(c6ccccc6)c6ccccc65)n4)c3)c3ccccc32)cc1. The van der Waals surface area contributed by atoms with Crippen LogP contribution >= 0.6 is 0 Å². The molecule has 0 saturated heterocycles. The van der Waals surface area contributed by atoms with Crippen LogP contribution in [0, 0.1) is 3.80 Å². The molecule has 3 heterocycles. The van der Waals surface area contributed by atoms with Gasteiger partial charge in [0.1, 0.15) is 0 Å². The first kappa shape index (κ1) is 45.0. The normalized spacial score (nSPS) is 12.7. The van der Waals surface area contributed by atoms with Crippen molar-refractivity contribution in [2.24, 2.45) is 0 Å². The Hall–Kier alpha value is -7.47. The van der Waals surface area contributed by atoms with E-state index in [0.29, 0.717) is 11.6 Å². The maximum absolute atomic E-state index is 6.78. The van der Waals surface area contributed by atoms with Crippen LogP contribution in [0.5, 0.6) is 11.6 Å². The quantitative estimate of drug-likeness (QED) is 0.135. The van der Waals surface area contributed by atoms with Crippen LogP contribution in [0.1, 0.15) is 52.7 Å². The molecule has 0 amide bonds. The van der Waals surface area contributed by atoms with E-state index in [-0.39, 0.29) is 17.8 Å². The average molecular weight is 1090 g/mol. The van der Waals surface area contributed by atoms with Gasteiger partial charge in [0, 0.05) is 5.69 Å². The molecule has 0 atom stereocenters. The van der Waals surface area contributed by atoms with Gasteiger partial charge < -0.3 is 0 Å². The number of rotatable bonds is 9. The third kappa shape index (κ3) is 8.32. The first-order chi connectivity index (χ1) is 33.9. The van der Waals surface area contributed by atoms with Crippen LogP contribution in [-0.4, -0.2) is 21.1 Å². The van der Waals surface area contributed by atoms with E-state index >= 15 is 0 Å². The molecule has 6 nitrogen and oxygen atoms in total. The first-order valence-electron chi connectivity index (χ1n) is 24.0. The first-order valence-corrected chi connectivity index (χ1v) is 25.1. The second-order valence-electron chi connectivity index (χ2n) is 20.0. The summed E-state index contributed by atoms with van der Waals surface area (Å²) in [6.07, 6.45) is 0. The zero-order chi connectivity index (χ0) is 48.1. The number of ether oxygens (including phenoxy) is 1. The van der Waals surface area contributed by atoms with Gasteiger partial charge in [-0.1, -0.05) is 60.7 Å². The van der Waals surface area contributed by atoms with Crippen molar-refractivity contribution in [3.8, 4) is 45.3 Å². The minimum atomic E-state index is -0.182. The van der Waals surface area contributed by atoms with Crippen LogP contribution in [0.15, 0.2) is 218 Å². The van der Waals surface area contributed by atoms with Gasteiger partial charge in [0.25, 0.3) is 0 Å². The summed E-state index contributed by atoms with van der Waals surface area (Å²) in [5.74, 6) is 1.98.